The van der Waals surface area contributed by atoms with Crippen LogP contribution in [-0.2, 0) is 9.53 Å². The van der Waals surface area contributed by atoms with E-state index in [1.54, 1.807) is 4.90 Å². The molecule has 0 aromatic carbocycles. The first-order chi connectivity index (χ1) is 12.4. The zero-order valence-corrected chi connectivity index (χ0v) is 14.3. The van der Waals surface area contributed by atoms with E-state index in [4.69, 9.17) is 4.74 Å². The molecule has 3 aliphatic heterocycles. The SMILES string of the molecule is O=C([C@H]1CCCO1)N1CCC([C@@H]2C[C@H](C(F)(F)F)n3ncnc3N2)CC1. The van der Waals surface area contributed by atoms with Crippen LogP contribution in [-0.4, -0.2) is 63.6 Å². The normalized spacial score (nSPS) is 30.1. The highest BCUT2D eigenvalue weighted by Gasteiger charge is 2.48. The number of alkyl halides is 3. The maximum atomic E-state index is 13.4. The topological polar surface area (TPSA) is 72.3 Å². The third-order valence-electron chi connectivity index (χ3n) is 5.66. The summed E-state index contributed by atoms with van der Waals surface area (Å²) in [5.41, 5.74) is 0. The molecule has 3 atom stereocenters. The molecule has 1 aromatic rings. The Labute approximate surface area is 148 Å². The van der Waals surface area contributed by atoms with E-state index in [1.807, 2.05) is 0 Å². The number of aromatic nitrogens is 3. The molecule has 2 fully saturated rings. The molecule has 10 heteroatoms. The Morgan fingerprint density at radius 3 is 2.69 bits per heavy atom. The fourth-order valence-corrected chi connectivity index (χ4v) is 4.23. The average molecular weight is 373 g/mol. The Kier molecular flexibility index (Phi) is 4.54. The van der Waals surface area contributed by atoms with Gasteiger partial charge in [0, 0.05) is 25.7 Å². The summed E-state index contributed by atoms with van der Waals surface area (Å²) in [4.78, 5) is 18.1. The van der Waals surface area contributed by atoms with Gasteiger partial charge in [-0.2, -0.15) is 23.3 Å². The monoisotopic (exact) mass is 373 g/mol. The molecule has 1 amide bonds. The lowest BCUT2D eigenvalue weighted by atomic mass is 9.85. The zero-order chi connectivity index (χ0) is 18.3. The van der Waals surface area contributed by atoms with Crippen molar-refractivity contribution in [3.8, 4) is 0 Å². The minimum absolute atomic E-state index is 0.0189. The Bertz CT molecular complexity index is 651. The lowest BCUT2D eigenvalue weighted by Gasteiger charge is -2.40. The standard InChI is InChI=1S/C16H22F3N5O2/c17-16(18,19)13-8-11(22-15-20-9-21-24(13)15)10-3-5-23(6-4-10)14(25)12-2-1-7-26-12/h9-13H,1-8H2,(H,20,21,22)/t11-,12+,13+/m0/s1. The molecule has 3 aliphatic rings. The molecule has 0 bridgehead atoms. The number of likely N-dealkylation sites (tertiary alicyclic amines) is 1. The molecular formula is C16H22F3N5O2. The number of halogens is 3. The van der Waals surface area contributed by atoms with E-state index in [0.29, 0.717) is 32.5 Å². The van der Waals surface area contributed by atoms with Crippen molar-refractivity contribution in [2.24, 2.45) is 5.92 Å². The molecule has 1 N–H and O–H groups in total. The number of fused-ring (bicyclic) bond motifs is 1. The molecule has 0 radical (unpaired) electrons. The van der Waals surface area contributed by atoms with Gasteiger partial charge in [0.1, 0.15) is 12.4 Å². The molecule has 144 valence electrons. The summed E-state index contributed by atoms with van der Waals surface area (Å²) in [6.45, 7) is 1.74. The maximum absolute atomic E-state index is 13.4. The van der Waals surface area contributed by atoms with Crippen LogP contribution in [0.5, 0.6) is 0 Å². The second-order valence-electron chi connectivity index (χ2n) is 7.24. The van der Waals surface area contributed by atoms with Gasteiger partial charge in [0.05, 0.1) is 0 Å². The number of hydrogen-bond donors (Lipinski definition) is 1. The second-order valence-corrected chi connectivity index (χ2v) is 7.24. The number of piperidine rings is 1. The third-order valence-corrected chi connectivity index (χ3v) is 5.66. The first-order valence-electron chi connectivity index (χ1n) is 9.06. The van der Waals surface area contributed by atoms with Gasteiger partial charge in [0.15, 0.2) is 6.04 Å². The molecule has 0 aliphatic carbocycles. The summed E-state index contributed by atoms with van der Waals surface area (Å²) in [6.07, 6.45) is -0.614. The third kappa shape index (κ3) is 3.26. The maximum Gasteiger partial charge on any atom is 0.411 e. The first kappa shape index (κ1) is 17.6. The molecule has 26 heavy (non-hydrogen) atoms. The van der Waals surface area contributed by atoms with Gasteiger partial charge in [-0.1, -0.05) is 0 Å². The van der Waals surface area contributed by atoms with Crippen LogP contribution in [0.4, 0.5) is 19.1 Å². The van der Waals surface area contributed by atoms with Crippen molar-refractivity contribution >= 4 is 11.9 Å². The average Bonchev–Trinajstić information content (AvgIpc) is 3.31. The molecule has 0 saturated carbocycles. The largest absolute Gasteiger partial charge is 0.411 e. The van der Waals surface area contributed by atoms with E-state index in [0.717, 1.165) is 23.9 Å². The number of ether oxygens (including phenoxy) is 1. The van der Waals surface area contributed by atoms with E-state index < -0.39 is 12.2 Å². The number of carbonyl (C=O) groups is 1. The number of anilines is 1. The van der Waals surface area contributed by atoms with Crippen LogP contribution < -0.4 is 5.32 Å². The highest BCUT2D eigenvalue weighted by molar-refractivity contribution is 5.81. The summed E-state index contributed by atoms with van der Waals surface area (Å²) in [5, 5.41) is 6.83. The van der Waals surface area contributed by atoms with Crippen molar-refractivity contribution < 1.29 is 22.7 Å². The van der Waals surface area contributed by atoms with Crippen molar-refractivity contribution in [1.29, 1.82) is 0 Å². The lowest BCUT2D eigenvalue weighted by Crippen LogP contribution is -2.49. The lowest BCUT2D eigenvalue weighted by molar-refractivity contribution is -0.174. The highest BCUT2D eigenvalue weighted by Crippen LogP contribution is 2.41. The molecule has 0 spiro atoms. The summed E-state index contributed by atoms with van der Waals surface area (Å²) in [5.74, 6) is 0.255. The van der Waals surface area contributed by atoms with Gasteiger partial charge in [-0.25, -0.2) is 4.68 Å². The van der Waals surface area contributed by atoms with Crippen molar-refractivity contribution in [2.45, 2.75) is 56.5 Å². The van der Waals surface area contributed by atoms with E-state index in [-0.39, 0.29) is 36.3 Å². The summed E-state index contributed by atoms with van der Waals surface area (Å²) in [6, 6.07) is -1.98. The minimum atomic E-state index is -4.36. The molecule has 4 rings (SSSR count). The van der Waals surface area contributed by atoms with Gasteiger partial charge in [0.25, 0.3) is 5.91 Å². The Morgan fingerprint density at radius 1 is 1.27 bits per heavy atom. The van der Waals surface area contributed by atoms with E-state index in [9.17, 15) is 18.0 Å². The van der Waals surface area contributed by atoms with Crippen LogP contribution >= 0.6 is 0 Å². The van der Waals surface area contributed by atoms with Gasteiger partial charge in [-0.3, -0.25) is 4.79 Å². The summed E-state index contributed by atoms with van der Waals surface area (Å²) < 4.78 is 46.6. The quantitative estimate of drug-likeness (QED) is 0.858. The van der Waals surface area contributed by atoms with Crippen molar-refractivity contribution in [3.05, 3.63) is 6.33 Å². The van der Waals surface area contributed by atoms with E-state index in [2.05, 4.69) is 15.4 Å². The Hall–Kier alpha value is -1.84. The molecule has 0 unspecified atom stereocenters. The molecule has 7 nitrogen and oxygen atoms in total. The van der Waals surface area contributed by atoms with Crippen LogP contribution in [0.25, 0.3) is 0 Å². The minimum Gasteiger partial charge on any atom is -0.368 e. The Balaban J connectivity index is 1.39. The van der Waals surface area contributed by atoms with Crippen LogP contribution in [0.3, 0.4) is 0 Å². The highest BCUT2D eigenvalue weighted by atomic mass is 19.4. The van der Waals surface area contributed by atoms with Crippen molar-refractivity contribution in [3.63, 3.8) is 0 Å². The molecular weight excluding hydrogens is 351 g/mol. The van der Waals surface area contributed by atoms with Gasteiger partial charge < -0.3 is 15.0 Å². The predicted molar refractivity (Wildman–Crippen MR) is 85.4 cm³/mol. The number of hydrogen-bond acceptors (Lipinski definition) is 5. The first-order valence-corrected chi connectivity index (χ1v) is 9.06. The number of amides is 1. The second kappa shape index (κ2) is 6.71. The van der Waals surface area contributed by atoms with Crippen molar-refractivity contribution in [2.75, 3.05) is 25.0 Å². The summed E-state index contributed by atoms with van der Waals surface area (Å²) in [7, 11) is 0. The van der Waals surface area contributed by atoms with Gasteiger partial charge in [-0.05, 0) is 38.0 Å². The number of carbonyl (C=O) groups excluding carboxylic acids is 1. The van der Waals surface area contributed by atoms with Crippen molar-refractivity contribution in [1.82, 2.24) is 19.7 Å². The van der Waals surface area contributed by atoms with E-state index in [1.165, 1.54) is 0 Å². The van der Waals surface area contributed by atoms with E-state index >= 15 is 0 Å². The smallest absolute Gasteiger partial charge is 0.368 e. The Morgan fingerprint density at radius 2 is 2.04 bits per heavy atom. The molecule has 4 heterocycles. The van der Waals surface area contributed by atoms with Crippen LogP contribution in [0.15, 0.2) is 6.33 Å². The van der Waals surface area contributed by atoms with Gasteiger partial charge in [0.2, 0.25) is 5.95 Å². The molecule has 1 aromatic heterocycles. The number of nitrogens with one attached hydrogen (secondary N) is 1. The number of nitrogens with zero attached hydrogens (tertiary/aromatic N) is 4. The number of rotatable bonds is 2. The van der Waals surface area contributed by atoms with Crippen LogP contribution in [0, 0.1) is 5.92 Å². The van der Waals surface area contributed by atoms with Gasteiger partial charge >= 0.3 is 6.18 Å². The predicted octanol–water partition coefficient (Wildman–Crippen LogP) is 1.98. The summed E-state index contributed by atoms with van der Waals surface area (Å²) >= 11 is 0. The van der Waals surface area contributed by atoms with Crippen LogP contribution in [0.1, 0.15) is 38.1 Å². The zero-order valence-electron chi connectivity index (χ0n) is 14.3. The molecule has 2 saturated heterocycles. The fourth-order valence-electron chi connectivity index (χ4n) is 4.23. The van der Waals surface area contributed by atoms with Gasteiger partial charge in [-0.15, -0.1) is 0 Å². The van der Waals surface area contributed by atoms with Crippen LogP contribution in [0.2, 0.25) is 0 Å². The fraction of sp³-hybridized carbons (Fsp3) is 0.812.